The quantitative estimate of drug-likeness (QED) is 0.542. The summed E-state index contributed by atoms with van der Waals surface area (Å²) in [5, 5.41) is 0. The Kier molecular flexibility index (Phi) is 4.51. The first-order valence-corrected chi connectivity index (χ1v) is 3.80. The lowest BCUT2D eigenvalue weighted by Crippen LogP contribution is -1.97. The van der Waals surface area contributed by atoms with Gasteiger partial charge in [0.25, 0.3) is 0 Å². The van der Waals surface area contributed by atoms with Gasteiger partial charge in [-0.1, -0.05) is 39.2 Å². The van der Waals surface area contributed by atoms with Crippen molar-refractivity contribution in [1.29, 1.82) is 0 Å². The second-order valence-electron chi connectivity index (χ2n) is 2.57. The van der Waals surface area contributed by atoms with Gasteiger partial charge in [0.15, 0.2) is 0 Å². The van der Waals surface area contributed by atoms with Crippen LogP contribution < -0.4 is 0 Å². The van der Waals surface area contributed by atoms with E-state index >= 15 is 0 Å². The lowest BCUT2D eigenvalue weighted by Gasteiger charge is -2.10. The van der Waals surface area contributed by atoms with Crippen LogP contribution in [0.5, 0.6) is 0 Å². The van der Waals surface area contributed by atoms with Gasteiger partial charge in [0, 0.05) is 0 Å². The second kappa shape index (κ2) is 4.89. The fourth-order valence-electron chi connectivity index (χ4n) is 0.869. The van der Waals surface area contributed by atoms with E-state index in [0.717, 1.165) is 6.42 Å². The molecule has 1 heteroatoms. The Labute approximate surface area is 68.1 Å². The van der Waals surface area contributed by atoms with Crippen LogP contribution in [0.15, 0.2) is 36.7 Å². The molecule has 0 aliphatic heterocycles. The van der Waals surface area contributed by atoms with Crippen molar-refractivity contribution in [2.45, 2.75) is 20.3 Å². The average Bonchev–Trinajstić information content (AvgIpc) is 1.98. The molecule has 0 spiro atoms. The van der Waals surface area contributed by atoms with E-state index in [2.05, 4.69) is 13.2 Å². The molecule has 0 fully saturated rings. The van der Waals surface area contributed by atoms with Gasteiger partial charge in [-0.15, -0.1) is 0 Å². The zero-order valence-electron chi connectivity index (χ0n) is 7.23. The normalized spacial score (nSPS) is 14.3. The van der Waals surface area contributed by atoms with E-state index in [9.17, 15) is 4.39 Å². The lowest BCUT2D eigenvalue weighted by molar-refractivity contribution is 0.579. The highest BCUT2D eigenvalue weighted by Gasteiger charge is 2.08. The largest absolute Gasteiger partial charge is 0.207 e. The first kappa shape index (κ1) is 10.2. The average molecular weight is 154 g/mol. The minimum absolute atomic E-state index is 0.227. The van der Waals surface area contributed by atoms with E-state index in [4.69, 9.17) is 0 Å². The minimum atomic E-state index is -0.348. The monoisotopic (exact) mass is 154 g/mol. The molecule has 0 aromatic carbocycles. The highest BCUT2D eigenvalue weighted by Crippen LogP contribution is 2.21. The van der Waals surface area contributed by atoms with Gasteiger partial charge in [0.1, 0.15) is 5.83 Å². The standard InChI is InChI=1S/C10H15F/c1-5-7-10(9(4)11)8(3)6-2/h5,7-8H,1,4,6H2,2-3H3/b10-7-. The Morgan fingerprint density at radius 3 is 2.45 bits per heavy atom. The van der Waals surface area contributed by atoms with E-state index in [0.29, 0.717) is 5.57 Å². The third-order valence-electron chi connectivity index (χ3n) is 1.75. The summed E-state index contributed by atoms with van der Waals surface area (Å²) < 4.78 is 12.7. The van der Waals surface area contributed by atoms with Crippen LogP contribution in [0.3, 0.4) is 0 Å². The molecule has 0 N–H and O–H groups in total. The summed E-state index contributed by atoms with van der Waals surface area (Å²) >= 11 is 0. The molecule has 0 aliphatic carbocycles. The van der Waals surface area contributed by atoms with E-state index in [1.165, 1.54) is 0 Å². The van der Waals surface area contributed by atoms with Crippen LogP contribution in [0.4, 0.5) is 4.39 Å². The zero-order chi connectivity index (χ0) is 8.85. The molecule has 0 bridgehead atoms. The van der Waals surface area contributed by atoms with E-state index < -0.39 is 0 Å². The van der Waals surface area contributed by atoms with E-state index in [1.807, 2.05) is 13.8 Å². The van der Waals surface area contributed by atoms with Gasteiger partial charge in [0.2, 0.25) is 0 Å². The smallest absolute Gasteiger partial charge is 0.119 e. The molecule has 0 aromatic rings. The van der Waals surface area contributed by atoms with Crippen molar-refractivity contribution >= 4 is 0 Å². The zero-order valence-corrected chi connectivity index (χ0v) is 7.23. The van der Waals surface area contributed by atoms with Gasteiger partial charge < -0.3 is 0 Å². The van der Waals surface area contributed by atoms with Crippen molar-refractivity contribution in [2.24, 2.45) is 5.92 Å². The van der Waals surface area contributed by atoms with Gasteiger partial charge in [-0.3, -0.25) is 0 Å². The summed E-state index contributed by atoms with van der Waals surface area (Å²) in [4.78, 5) is 0. The summed E-state index contributed by atoms with van der Waals surface area (Å²) in [5.74, 6) is -0.121. The maximum atomic E-state index is 12.7. The first-order chi connectivity index (χ1) is 5.13. The molecule has 0 rings (SSSR count). The SMILES string of the molecule is C=C/C=C(\C(=C)F)C(C)CC. The molecule has 0 amide bonds. The maximum absolute atomic E-state index is 12.7. The third kappa shape index (κ3) is 3.17. The first-order valence-electron chi connectivity index (χ1n) is 3.80. The molecule has 1 unspecified atom stereocenters. The van der Waals surface area contributed by atoms with Gasteiger partial charge in [0.05, 0.1) is 0 Å². The van der Waals surface area contributed by atoms with Gasteiger partial charge in [-0.25, -0.2) is 4.39 Å². The van der Waals surface area contributed by atoms with Crippen molar-refractivity contribution in [3.8, 4) is 0 Å². The van der Waals surface area contributed by atoms with Crippen LogP contribution in [-0.2, 0) is 0 Å². The number of rotatable bonds is 4. The van der Waals surface area contributed by atoms with Crippen LogP contribution >= 0.6 is 0 Å². The lowest BCUT2D eigenvalue weighted by atomic mass is 9.97. The van der Waals surface area contributed by atoms with Crippen molar-refractivity contribution in [2.75, 3.05) is 0 Å². The Morgan fingerprint density at radius 2 is 2.18 bits per heavy atom. The van der Waals surface area contributed by atoms with Gasteiger partial charge >= 0.3 is 0 Å². The molecule has 0 heterocycles. The number of halogens is 1. The van der Waals surface area contributed by atoms with Gasteiger partial charge in [-0.2, -0.15) is 0 Å². The molecular formula is C10H15F. The molecule has 0 nitrogen and oxygen atoms in total. The molecule has 1 atom stereocenters. The van der Waals surface area contributed by atoms with Crippen LogP contribution in [0.25, 0.3) is 0 Å². The molecule has 11 heavy (non-hydrogen) atoms. The fraction of sp³-hybridized carbons (Fsp3) is 0.400. The van der Waals surface area contributed by atoms with Crippen molar-refractivity contribution in [3.63, 3.8) is 0 Å². The summed E-state index contributed by atoms with van der Waals surface area (Å²) in [6.07, 6.45) is 4.19. The summed E-state index contributed by atoms with van der Waals surface area (Å²) in [7, 11) is 0. The summed E-state index contributed by atoms with van der Waals surface area (Å²) in [6, 6.07) is 0. The number of hydrogen-bond acceptors (Lipinski definition) is 0. The number of hydrogen-bond donors (Lipinski definition) is 0. The van der Waals surface area contributed by atoms with E-state index in [1.54, 1.807) is 12.2 Å². The van der Waals surface area contributed by atoms with Gasteiger partial charge in [-0.05, 0) is 17.9 Å². The number of allylic oxidation sites excluding steroid dienone is 4. The van der Waals surface area contributed by atoms with Crippen LogP contribution in [0, 0.1) is 5.92 Å². The Morgan fingerprint density at radius 1 is 1.64 bits per heavy atom. The Bertz CT molecular complexity index is 177. The van der Waals surface area contributed by atoms with Crippen molar-refractivity contribution in [3.05, 3.63) is 36.7 Å². The fourth-order valence-corrected chi connectivity index (χ4v) is 0.869. The second-order valence-corrected chi connectivity index (χ2v) is 2.57. The van der Waals surface area contributed by atoms with E-state index in [-0.39, 0.29) is 11.7 Å². The van der Waals surface area contributed by atoms with Crippen molar-refractivity contribution < 1.29 is 4.39 Å². The Hall–Kier alpha value is -0.850. The molecule has 0 saturated heterocycles. The van der Waals surface area contributed by atoms with Crippen molar-refractivity contribution in [1.82, 2.24) is 0 Å². The molecule has 0 aliphatic rings. The third-order valence-corrected chi connectivity index (χ3v) is 1.75. The maximum Gasteiger partial charge on any atom is 0.119 e. The molecule has 62 valence electrons. The molecule has 0 saturated carbocycles. The Balaban J connectivity index is 4.46. The molecule has 0 aromatic heterocycles. The highest BCUT2D eigenvalue weighted by atomic mass is 19.1. The van der Waals surface area contributed by atoms with Crippen LogP contribution in [0.1, 0.15) is 20.3 Å². The van der Waals surface area contributed by atoms with Crippen LogP contribution in [-0.4, -0.2) is 0 Å². The summed E-state index contributed by atoms with van der Waals surface area (Å²) in [6.45, 7) is 10.8. The predicted molar refractivity (Wildman–Crippen MR) is 48.0 cm³/mol. The summed E-state index contributed by atoms with van der Waals surface area (Å²) in [5.41, 5.74) is 0.655. The highest BCUT2D eigenvalue weighted by molar-refractivity contribution is 5.28. The molecule has 0 radical (unpaired) electrons. The minimum Gasteiger partial charge on any atom is -0.207 e. The predicted octanol–water partition coefficient (Wildman–Crippen LogP) is 3.63. The molecular weight excluding hydrogens is 139 g/mol. The topological polar surface area (TPSA) is 0 Å². The van der Waals surface area contributed by atoms with Crippen LogP contribution in [0.2, 0.25) is 0 Å².